The summed E-state index contributed by atoms with van der Waals surface area (Å²) in [5.74, 6) is -0.192. The number of nitrogens with one attached hydrogen (secondary N) is 3. The summed E-state index contributed by atoms with van der Waals surface area (Å²) in [5.41, 5.74) is 12.6. The number of hydrogen-bond acceptors (Lipinski definition) is 9. The molecule has 0 amide bonds. The van der Waals surface area contributed by atoms with Crippen LogP contribution >= 0.6 is 0 Å². The maximum Gasteiger partial charge on any atom is 0.228 e. The molecule has 11 heteroatoms. The number of nitrogen functional groups attached to an aromatic ring is 1. The van der Waals surface area contributed by atoms with E-state index in [4.69, 9.17) is 10.5 Å². The Hall–Kier alpha value is -2.63. The molecule has 3 aliphatic rings. The molecule has 1 saturated carbocycles. The van der Waals surface area contributed by atoms with Gasteiger partial charge in [-0.25, -0.2) is 4.39 Å². The molecule has 2 aliphatic heterocycles. The standard InChI is InChI=1S/C23H32F2N8O/c24-19-16(5-6-18(20(19)25)34-10-9-33-7-1-2-8-33)12-27-23-30-21(29-22(26)31-23)14-3-4-15-13-28-32-17(15)11-14/h5-6,14-15,17,28,32H,1-4,7-13H2,(H3,26,27,29,30,31). The van der Waals surface area contributed by atoms with Crippen LogP contribution in [0.15, 0.2) is 12.1 Å². The topological polar surface area (TPSA) is 113 Å². The van der Waals surface area contributed by atoms with E-state index in [0.717, 1.165) is 38.9 Å². The molecule has 9 nitrogen and oxygen atoms in total. The Morgan fingerprint density at radius 2 is 1.97 bits per heavy atom. The summed E-state index contributed by atoms with van der Waals surface area (Å²) < 4.78 is 34.7. The van der Waals surface area contributed by atoms with Gasteiger partial charge in [0.25, 0.3) is 0 Å². The predicted octanol–water partition coefficient (Wildman–Crippen LogP) is 2.18. The van der Waals surface area contributed by atoms with Crippen molar-refractivity contribution in [3.8, 4) is 5.75 Å². The Balaban J connectivity index is 1.20. The van der Waals surface area contributed by atoms with E-state index in [1.54, 1.807) is 0 Å². The molecular weight excluding hydrogens is 442 g/mol. The highest BCUT2D eigenvalue weighted by molar-refractivity contribution is 5.36. The molecule has 3 fully saturated rings. The molecule has 5 N–H and O–H groups in total. The van der Waals surface area contributed by atoms with Crippen molar-refractivity contribution in [3.63, 3.8) is 0 Å². The number of hydrazine groups is 1. The molecule has 1 aromatic heterocycles. The number of aromatic nitrogens is 3. The number of nitrogens with two attached hydrogens (primary N) is 1. The summed E-state index contributed by atoms with van der Waals surface area (Å²) in [6.07, 6.45) is 5.33. The molecule has 3 unspecified atom stereocenters. The van der Waals surface area contributed by atoms with Gasteiger partial charge in [-0.2, -0.15) is 19.3 Å². The van der Waals surface area contributed by atoms with Crippen LogP contribution < -0.4 is 26.6 Å². The SMILES string of the molecule is Nc1nc(NCc2ccc(OCCN3CCCC3)c(F)c2F)nc(C2CCC3CNNC3C2)n1. The highest BCUT2D eigenvalue weighted by Gasteiger charge is 2.35. The Kier molecular flexibility index (Phi) is 7.02. The first-order valence-electron chi connectivity index (χ1n) is 12.1. The average molecular weight is 475 g/mol. The van der Waals surface area contributed by atoms with Crippen molar-refractivity contribution >= 4 is 11.9 Å². The number of benzene rings is 1. The maximum atomic E-state index is 14.7. The second-order valence-electron chi connectivity index (χ2n) is 9.38. The van der Waals surface area contributed by atoms with Gasteiger partial charge in [0.05, 0.1) is 0 Å². The molecule has 184 valence electrons. The predicted molar refractivity (Wildman–Crippen MR) is 124 cm³/mol. The van der Waals surface area contributed by atoms with Crippen LogP contribution in [0.1, 0.15) is 49.4 Å². The third-order valence-corrected chi connectivity index (χ3v) is 7.11. The third kappa shape index (κ3) is 5.21. The number of rotatable bonds is 8. The van der Waals surface area contributed by atoms with Crippen molar-refractivity contribution < 1.29 is 13.5 Å². The van der Waals surface area contributed by atoms with Gasteiger partial charge in [0.2, 0.25) is 17.7 Å². The van der Waals surface area contributed by atoms with E-state index in [9.17, 15) is 8.78 Å². The first-order valence-corrected chi connectivity index (χ1v) is 12.1. The van der Waals surface area contributed by atoms with Gasteiger partial charge in [0.1, 0.15) is 12.4 Å². The minimum absolute atomic E-state index is 0.0144. The fraction of sp³-hybridized carbons (Fsp3) is 0.609. The van der Waals surface area contributed by atoms with Gasteiger partial charge in [-0.05, 0) is 57.2 Å². The number of fused-ring (bicyclic) bond motifs is 1. The molecule has 2 saturated heterocycles. The van der Waals surface area contributed by atoms with Crippen LogP contribution in [0, 0.1) is 17.6 Å². The number of likely N-dealkylation sites (tertiary alicyclic amines) is 1. The van der Waals surface area contributed by atoms with Crippen molar-refractivity contribution in [2.45, 2.75) is 50.6 Å². The first kappa shape index (κ1) is 23.1. The van der Waals surface area contributed by atoms with E-state index in [1.165, 1.54) is 25.0 Å². The second-order valence-corrected chi connectivity index (χ2v) is 9.38. The minimum Gasteiger partial charge on any atom is -0.489 e. The van der Waals surface area contributed by atoms with Crippen LogP contribution in [-0.2, 0) is 6.54 Å². The van der Waals surface area contributed by atoms with E-state index in [2.05, 4.69) is 36.0 Å². The molecule has 0 spiro atoms. The number of ether oxygens (including phenoxy) is 1. The van der Waals surface area contributed by atoms with Crippen LogP contribution in [0.5, 0.6) is 5.75 Å². The molecule has 3 heterocycles. The Labute approximate surface area is 197 Å². The van der Waals surface area contributed by atoms with Gasteiger partial charge in [-0.3, -0.25) is 15.8 Å². The highest BCUT2D eigenvalue weighted by Crippen LogP contribution is 2.36. The van der Waals surface area contributed by atoms with Gasteiger partial charge in [0, 0.05) is 37.2 Å². The quantitative estimate of drug-likeness (QED) is 0.457. The van der Waals surface area contributed by atoms with E-state index < -0.39 is 11.6 Å². The summed E-state index contributed by atoms with van der Waals surface area (Å²) in [6.45, 7) is 4.10. The number of hydrogen-bond donors (Lipinski definition) is 4. The van der Waals surface area contributed by atoms with Crippen LogP contribution in [-0.4, -0.2) is 58.7 Å². The van der Waals surface area contributed by atoms with Gasteiger partial charge in [0.15, 0.2) is 11.6 Å². The lowest BCUT2D eigenvalue weighted by molar-refractivity contribution is 0.229. The lowest BCUT2D eigenvalue weighted by Gasteiger charge is -2.29. The first-order chi connectivity index (χ1) is 16.6. The molecular formula is C23H32F2N8O. The molecule has 5 rings (SSSR count). The highest BCUT2D eigenvalue weighted by atomic mass is 19.2. The number of nitrogens with zero attached hydrogens (tertiary/aromatic N) is 4. The Morgan fingerprint density at radius 3 is 2.82 bits per heavy atom. The van der Waals surface area contributed by atoms with E-state index in [1.807, 2.05) is 0 Å². The lowest BCUT2D eigenvalue weighted by Crippen LogP contribution is -2.36. The van der Waals surface area contributed by atoms with Gasteiger partial charge >= 0.3 is 0 Å². The van der Waals surface area contributed by atoms with Gasteiger partial charge in [-0.1, -0.05) is 6.07 Å². The van der Waals surface area contributed by atoms with Crippen LogP contribution in [0.4, 0.5) is 20.7 Å². The zero-order valence-corrected chi connectivity index (χ0v) is 19.2. The molecule has 0 radical (unpaired) electrons. The zero-order chi connectivity index (χ0) is 23.5. The Morgan fingerprint density at radius 1 is 1.12 bits per heavy atom. The largest absolute Gasteiger partial charge is 0.489 e. The van der Waals surface area contributed by atoms with Crippen molar-refractivity contribution in [2.75, 3.05) is 43.8 Å². The van der Waals surface area contributed by atoms with Crippen molar-refractivity contribution in [1.29, 1.82) is 0 Å². The smallest absolute Gasteiger partial charge is 0.228 e. The van der Waals surface area contributed by atoms with Crippen molar-refractivity contribution in [3.05, 3.63) is 35.2 Å². The van der Waals surface area contributed by atoms with Crippen LogP contribution in [0.25, 0.3) is 0 Å². The monoisotopic (exact) mass is 474 g/mol. The zero-order valence-electron chi connectivity index (χ0n) is 19.2. The van der Waals surface area contributed by atoms with E-state index >= 15 is 0 Å². The molecule has 0 bridgehead atoms. The molecule has 1 aromatic carbocycles. The van der Waals surface area contributed by atoms with Crippen LogP contribution in [0.2, 0.25) is 0 Å². The fourth-order valence-electron chi connectivity index (χ4n) is 5.17. The fourth-order valence-corrected chi connectivity index (χ4v) is 5.17. The number of halogens is 2. The molecule has 34 heavy (non-hydrogen) atoms. The molecule has 1 aliphatic carbocycles. The maximum absolute atomic E-state index is 14.7. The van der Waals surface area contributed by atoms with E-state index in [-0.39, 0.29) is 35.7 Å². The second kappa shape index (κ2) is 10.3. The summed E-state index contributed by atoms with van der Waals surface area (Å²) in [6, 6.07) is 3.37. The summed E-state index contributed by atoms with van der Waals surface area (Å²) >= 11 is 0. The summed E-state index contributed by atoms with van der Waals surface area (Å²) in [5, 5.41) is 2.97. The summed E-state index contributed by atoms with van der Waals surface area (Å²) in [4.78, 5) is 15.3. The van der Waals surface area contributed by atoms with Crippen molar-refractivity contribution in [2.24, 2.45) is 5.92 Å². The van der Waals surface area contributed by atoms with E-state index in [0.29, 0.717) is 30.9 Å². The molecule has 2 aromatic rings. The Bertz CT molecular complexity index is 1000. The van der Waals surface area contributed by atoms with Crippen molar-refractivity contribution in [1.82, 2.24) is 30.7 Å². The minimum atomic E-state index is -0.981. The number of anilines is 2. The van der Waals surface area contributed by atoms with Crippen LogP contribution in [0.3, 0.4) is 0 Å². The lowest BCUT2D eigenvalue weighted by atomic mass is 9.79. The normalized spacial score (nSPS) is 24.8. The third-order valence-electron chi connectivity index (χ3n) is 7.11. The van der Waals surface area contributed by atoms with Gasteiger partial charge < -0.3 is 15.8 Å². The molecule has 3 atom stereocenters. The van der Waals surface area contributed by atoms with Gasteiger partial charge in [-0.15, -0.1) is 0 Å². The average Bonchev–Trinajstić information content (AvgIpc) is 3.52. The summed E-state index contributed by atoms with van der Waals surface area (Å²) in [7, 11) is 0.